The van der Waals surface area contributed by atoms with Crippen LogP contribution in [0.3, 0.4) is 0 Å². The van der Waals surface area contributed by atoms with E-state index in [1.54, 1.807) is 36.4 Å². The molecule has 0 saturated carbocycles. The van der Waals surface area contributed by atoms with E-state index >= 15 is 0 Å². The Hall–Kier alpha value is -1.91. The number of nitrogens with two attached hydrogens (primary N) is 1. The fraction of sp³-hybridized carbons (Fsp3) is 0.0714. The molecule has 0 spiro atoms. The molecule has 0 unspecified atom stereocenters. The molecule has 104 valence electrons. The summed E-state index contributed by atoms with van der Waals surface area (Å²) in [6.45, 7) is 0. The van der Waals surface area contributed by atoms with Crippen LogP contribution in [0.1, 0.15) is 10.4 Å². The van der Waals surface area contributed by atoms with Gasteiger partial charge in [0, 0.05) is 10.0 Å². The normalized spacial score (nSPS) is 10.2. The third kappa shape index (κ3) is 3.15. The Bertz CT molecular complexity index is 660. The summed E-state index contributed by atoms with van der Waals surface area (Å²) in [6.07, 6.45) is 0. The number of methoxy groups -OCH3 is 1. The molecule has 20 heavy (non-hydrogen) atoms. The molecule has 2 aromatic carbocycles. The first-order chi connectivity index (χ1) is 9.51. The van der Waals surface area contributed by atoms with E-state index in [2.05, 4.69) is 5.32 Å². The van der Waals surface area contributed by atoms with Gasteiger partial charge in [0.1, 0.15) is 5.75 Å². The minimum absolute atomic E-state index is 0.340. The Kier molecular flexibility index (Phi) is 4.37. The lowest BCUT2D eigenvalue weighted by Gasteiger charge is -2.11. The Balaban J connectivity index is 2.28. The minimum atomic E-state index is -0.340. The van der Waals surface area contributed by atoms with E-state index in [0.29, 0.717) is 32.7 Å². The molecular formula is C14H12Cl2N2O2. The van der Waals surface area contributed by atoms with E-state index < -0.39 is 0 Å². The smallest absolute Gasteiger partial charge is 0.259 e. The number of nitrogens with one attached hydrogen (secondary N) is 1. The number of benzene rings is 2. The second-order valence-electron chi connectivity index (χ2n) is 4.03. The number of halogens is 2. The van der Waals surface area contributed by atoms with Crippen molar-refractivity contribution in [3.63, 3.8) is 0 Å². The van der Waals surface area contributed by atoms with Crippen LogP contribution in [0.15, 0.2) is 36.4 Å². The maximum absolute atomic E-state index is 12.2. The average molecular weight is 311 g/mol. The molecule has 0 heterocycles. The monoisotopic (exact) mass is 310 g/mol. The van der Waals surface area contributed by atoms with Gasteiger partial charge in [0.25, 0.3) is 5.91 Å². The third-order valence-corrected chi connectivity index (χ3v) is 3.14. The number of ether oxygens (including phenoxy) is 1. The van der Waals surface area contributed by atoms with Crippen LogP contribution < -0.4 is 15.8 Å². The Labute approximate surface area is 126 Å². The summed E-state index contributed by atoms with van der Waals surface area (Å²) in [5.41, 5.74) is 7.03. The molecule has 0 saturated heterocycles. The lowest BCUT2D eigenvalue weighted by Crippen LogP contribution is -2.14. The van der Waals surface area contributed by atoms with Crippen molar-refractivity contribution in [3.05, 3.63) is 52.0 Å². The van der Waals surface area contributed by atoms with Gasteiger partial charge in [-0.3, -0.25) is 4.79 Å². The van der Waals surface area contributed by atoms with Crippen molar-refractivity contribution in [2.45, 2.75) is 0 Å². The van der Waals surface area contributed by atoms with Gasteiger partial charge < -0.3 is 15.8 Å². The largest absolute Gasteiger partial charge is 0.496 e. The van der Waals surface area contributed by atoms with Gasteiger partial charge >= 0.3 is 0 Å². The quantitative estimate of drug-likeness (QED) is 0.847. The number of nitrogen functional groups attached to an aromatic ring is 1. The zero-order chi connectivity index (χ0) is 14.7. The van der Waals surface area contributed by atoms with Crippen LogP contribution in [0.25, 0.3) is 0 Å². The molecule has 0 atom stereocenters. The molecule has 0 aliphatic heterocycles. The summed E-state index contributed by atoms with van der Waals surface area (Å²) < 4.78 is 5.14. The topological polar surface area (TPSA) is 64.3 Å². The van der Waals surface area contributed by atoms with Gasteiger partial charge in [0.05, 0.1) is 24.0 Å². The summed E-state index contributed by atoms with van der Waals surface area (Å²) in [4.78, 5) is 12.2. The summed E-state index contributed by atoms with van der Waals surface area (Å²) in [7, 11) is 1.47. The van der Waals surface area contributed by atoms with Crippen molar-refractivity contribution in [3.8, 4) is 5.75 Å². The number of carbonyl (C=O) groups excluding carboxylic acids is 1. The van der Waals surface area contributed by atoms with Crippen molar-refractivity contribution >= 4 is 40.5 Å². The molecule has 6 heteroatoms. The van der Waals surface area contributed by atoms with Crippen molar-refractivity contribution in [1.82, 2.24) is 0 Å². The van der Waals surface area contributed by atoms with Crippen LogP contribution >= 0.6 is 23.2 Å². The molecule has 0 aliphatic carbocycles. The van der Waals surface area contributed by atoms with E-state index in [9.17, 15) is 4.79 Å². The average Bonchev–Trinajstić information content (AvgIpc) is 2.41. The number of carbonyl (C=O) groups is 1. The molecular weight excluding hydrogens is 299 g/mol. The Morgan fingerprint density at radius 2 is 1.80 bits per heavy atom. The molecule has 3 N–H and O–H groups in total. The molecule has 1 amide bonds. The highest BCUT2D eigenvalue weighted by molar-refractivity contribution is 6.31. The van der Waals surface area contributed by atoms with Crippen molar-refractivity contribution in [2.24, 2.45) is 0 Å². The standard InChI is InChI=1S/C14H12Cl2N2O2/c1-20-13-7-9(16)2-4-10(13)14(19)18-12-5-3-8(15)6-11(12)17/h2-7H,17H2,1H3,(H,18,19). The fourth-order valence-corrected chi connectivity index (χ4v) is 2.03. The number of amides is 1. The van der Waals surface area contributed by atoms with Crippen LogP contribution in [0.2, 0.25) is 10.0 Å². The molecule has 2 aromatic rings. The summed E-state index contributed by atoms with van der Waals surface area (Å²) in [6, 6.07) is 9.62. The van der Waals surface area contributed by atoms with Gasteiger partial charge in [-0.25, -0.2) is 0 Å². The number of hydrogen-bond donors (Lipinski definition) is 2. The predicted molar refractivity (Wildman–Crippen MR) is 81.8 cm³/mol. The second kappa shape index (κ2) is 6.03. The SMILES string of the molecule is COc1cc(Cl)ccc1C(=O)Nc1ccc(Cl)cc1N. The first kappa shape index (κ1) is 14.5. The highest BCUT2D eigenvalue weighted by Gasteiger charge is 2.14. The lowest BCUT2D eigenvalue weighted by atomic mass is 10.1. The zero-order valence-electron chi connectivity index (χ0n) is 10.6. The maximum atomic E-state index is 12.2. The third-order valence-electron chi connectivity index (χ3n) is 2.67. The van der Waals surface area contributed by atoms with E-state index in [4.69, 9.17) is 33.7 Å². The van der Waals surface area contributed by atoms with Crippen molar-refractivity contribution in [1.29, 1.82) is 0 Å². The van der Waals surface area contributed by atoms with Gasteiger partial charge in [-0.1, -0.05) is 23.2 Å². The van der Waals surface area contributed by atoms with Crippen LogP contribution in [-0.4, -0.2) is 13.0 Å². The fourth-order valence-electron chi connectivity index (χ4n) is 1.69. The zero-order valence-corrected chi connectivity index (χ0v) is 12.1. The molecule has 4 nitrogen and oxygen atoms in total. The summed E-state index contributed by atoms with van der Waals surface area (Å²) in [5, 5.41) is 3.70. The van der Waals surface area contributed by atoms with Gasteiger partial charge in [0.2, 0.25) is 0 Å². The number of anilines is 2. The van der Waals surface area contributed by atoms with Gasteiger partial charge in [-0.15, -0.1) is 0 Å². The van der Waals surface area contributed by atoms with Gasteiger partial charge in [-0.2, -0.15) is 0 Å². The molecule has 0 fully saturated rings. The van der Waals surface area contributed by atoms with Crippen molar-refractivity contribution < 1.29 is 9.53 Å². The first-order valence-corrected chi connectivity index (χ1v) is 6.47. The molecule has 0 bridgehead atoms. The van der Waals surface area contributed by atoms with Gasteiger partial charge in [0.15, 0.2) is 0 Å². The van der Waals surface area contributed by atoms with Crippen LogP contribution in [-0.2, 0) is 0 Å². The molecule has 0 radical (unpaired) electrons. The second-order valence-corrected chi connectivity index (χ2v) is 4.90. The van der Waals surface area contributed by atoms with Gasteiger partial charge in [-0.05, 0) is 36.4 Å². The minimum Gasteiger partial charge on any atom is -0.496 e. The summed E-state index contributed by atoms with van der Waals surface area (Å²) in [5.74, 6) is 0.0510. The highest BCUT2D eigenvalue weighted by Crippen LogP contribution is 2.26. The van der Waals surface area contributed by atoms with Crippen LogP contribution in [0.4, 0.5) is 11.4 Å². The Morgan fingerprint density at radius 3 is 2.45 bits per heavy atom. The number of rotatable bonds is 3. The highest BCUT2D eigenvalue weighted by atomic mass is 35.5. The Morgan fingerprint density at radius 1 is 1.15 bits per heavy atom. The first-order valence-electron chi connectivity index (χ1n) is 5.71. The number of hydrogen-bond acceptors (Lipinski definition) is 3. The lowest BCUT2D eigenvalue weighted by molar-refractivity contribution is 0.102. The molecule has 2 rings (SSSR count). The van der Waals surface area contributed by atoms with E-state index in [1.807, 2.05) is 0 Å². The maximum Gasteiger partial charge on any atom is 0.259 e. The predicted octanol–water partition coefficient (Wildman–Crippen LogP) is 3.84. The van der Waals surface area contributed by atoms with Crippen LogP contribution in [0, 0.1) is 0 Å². The molecule has 0 aliphatic rings. The molecule has 0 aromatic heterocycles. The summed E-state index contributed by atoms with van der Waals surface area (Å²) >= 11 is 11.7. The van der Waals surface area contributed by atoms with E-state index in [-0.39, 0.29) is 5.91 Å². The van der Waals surface area contributed by atoms with Crippen LogP contribution in [0.5, 0.6) is 5.75 Å². The van der Waals surface area contributed by atoms with Crippen molar-refractivity contribution in [2.75, 3.05) is 18.2 Å². The van der Waals surface area contributed by atoms with E-state index in [0.717, 1.165) is 0 Å². The van der Waals surface area contributed by atoms with E-state index in [1.165, 1.54) is 7.11 Å².